The van der Waals surface area contributed by atoms with E-state index in [4.69, 9.17) is 0 Å². The van der Waals surface area contributed by atoms with Crippen LogP contribution in [0.4, 0.5) is 0 Å². The monoisotopic (exact) mass is 125 g/mol. The summed E-state index contributed by atoms with van der Waals surface area (Å²) in [7, 11) is 1.57. The van der Waals surface area contributed by atoms with Crippen LogP contribution < -0.4 is 40.0 Å². The van der Waals surface area contributed by atoms with Crippen LogP contribution in [0.1, 0.15) is 6.92 Å². The number of carbonyl (C=O) groups excluding carboxylic acids is 1. The van der Waals surface area contributed by atoms with Crippen molar-refractivity contribution in [2.24, 2.45) is 0 Å². The van der Waals surface area contributed by atoms with E-state index in [0.29, 0.717) is 0 Å². The van der Waals surface area contributed by atoms with Gasteiger partial charge in [0, 0.05) is 6.04 Å². The number of carboxylic acid groups (broad SMARTS) is 1. The van der Waals surface area contributed by atoms with Gasteiger partial charge >= 0.3 is 29.6 Å². The van der Waals surface area contributed by atoms with Crippen molar-refractivity contribution in [3.8, 4) is 0 Å². The maximum atomic E-state index is 9.76. The molecule has 3 nitrogen and oxygen atoms in total. The van der Waals surface area contributed by atoms with E-state index in [-0.39, 0.29) is 29.6 Å². The topological polar surface area (TPSA) is 52.2 Å². The molecule has 0 heterocycles. The van der Waals surface area contributed by atoms with Gasteiger partial charge in [-0.2, -0.15) is 0 Å². The van der Waals surface area contributed by atoms with E-state index in [9.17, 15) is 9.90 Å². The van der Waals surface area contributed by atoms with Gasteiger partial charge in [-0.25, -0.2) is 0 Å². The fourth-order valence-electron chi connectivity index (χ4n) is 0.118. The zero-order chi connectivity index (χ0) is 5.86. The summed E-state index contributed by atoms with van der Waals surface area (Å²) < 4.78 is 0. The van der Waals surface area contributed by atoms with Crippen molar-refractivity contribution < 1.29 is 39.5 Å². The van der Waals surface area contributed by atoms with Gasteiger partial charge in [0.1, 0.15) is 0 Å². The molecular formula is C4H8NNaO2. The van der Waals surface area contributed by atoms with Crippen LogP contribution in [-0.4, -0.2) is 19.1 Å². The second-order valence-electron chi connectivity index (χ2n) is 1.33. The number of rotatable bonds is 2. The van der Waals surface area contributed by atoms with Crippen LogP contribution in [0, 0.1) is 0 Å². The standard InChI is InChI=1S/C4H9NO2.Na/c1-3(5-2)4(6)7;/h3,5H,1-2H3,(H,6,7);/q;+1/p-1. The molecule has 0 saturated carbocycles. The van der Waals surface area contributed by atoms with Gasteiger partial charge in [0.15, 0.2) is 0 Å². The average molecular weight is 125 g/mol. The summed E-state index contributed by atoms with van der Waals surface area (Å²) in [5.74, 6) is -1.07. The molecule has 8 heavy (non-hydrogen) atoms. The van der Waals surface area contributed by atoms with Crippen LogP contribution >= 0.6 is 0 Å². The molecule has 0 fully saturated rings. The Bertz CT molecular complexity index is 76.4. The Morgan fingerprint density at radius 2 is 2.12 bits per heavy atom. The molecule has 1 unspecified atom stereocenters. The quantitative estimate of drug-likeness (QED) is 0.377. The van der Waals surface area contributed by atoms with E-state index in [1.54, 1.807) is 7.05 Å². The molecule has 1 N–H and O–H groups in total. The number of hydrogen-bond donors (Lipinski definition) is 1. The maximum absolute atomic E-state index is 9.76. The van der Waals surface area contributed by atoms with Crippen LogP contribution in [0.15, 0.2) is 0 Å². The number of nitrogens with one attached hydrogen (secondary N) is 1. The van der Waals surface area contributed by atoms with Gasteiger partial charge in [-0.3, -0.25) is 0 Å². The number of carbonyl (C=O) groups is 1. The van der Waals surface area contributed by atoms with E-state index in [2.05, 4.69) is 5.32 Å². The Morgan fingerprint density at radius 3 is 2.12 bits per heavy atom. The summed E-state index contributed by atoms with van der Waals surface area (Å²) >= 11 is 0. The van der Waals surface area contributed by atoms with E-state index in [0.717, 1.165) is 0 Å². The van der Waals surface area contributed by atoms with Crippen molar-refractivity contribution in [2.45, 2.75) is 13.0 Å². The van der Waals surface area contributed by atoms with Crippen molar-refractivity contribution >= 4 is 5.97 Å². The first-order chi connectivity index (χ1) is 3.18. The summed E-state index contributed by atoms with van der Waals surface area (Å²) in [6, 6.07) is -0.542. The van der Waals surface area contributed by atoms with Crippen molar-refractivity contribution in [1.82, 2.24) is 5.32 Å². The summed E-state index contributed by atoms with van der Waals surface area (Å²) in [6.07, 6.45) is 0. The fourth-order valence-corrected chi connectivity index (χ4v) is 0.118. The van der Waals surface area contributed by atoms with E-state index in [1.165, 1.54) is 6.92 Å². The van der Waals surface area contributed by atoms with Gasteiger partial charge in [0.2, 0.25) is 0 Å². The van der Waals surface area contributed by atoms with Gasteiger partial charge in [0.05, 0.1) is 5.97 Å². The molecular weight excluding hydrogens is 117 g/mol. The van der Waals surface area contributed by atoms with Gasteiger partial charge in [-0.05, 0) is 14.0 Å². The van der Waals surface area contributed by atoms with Crippen LogP contribution in [0.25, 0.3) is 0 Å². The molecule has 0 radical (unpaired) electrons. The van der Waals surface area contributed by atoms with Crippen molar-refractivity contribution in [3.63, 3.8) is 0 Å². The number of hydrogen-bond acceptors (Lipinski definition) is 3. The largest absolute Gasteiger partial charge is 1.00 e. The number of aliphatic carboxylic acids is 1. The molecule has 0 aromatic heterocycles. The first-order valence-corrected chi connectivity index (χ1v) is 2.06. The molecule has 0 spiro atoms. The Hall–Kier alpha value is 0.430. The fraction of sp³-hybridized carbons (Fsp3) is 0.750. The average Bonchev–Trinajstić information content (AvgIpc) is 1.65. The zero-order valence-electron chi connectivity index (χ0n) is 5.39. The SMILES string of the molecule is CNC(C)C(=O)[O-].[Na+]. The minimum absolute atomic E-state index is 0. The molecule has 42 valence electrons. The van der Waals surface area contributed by atoms with E-state index >= 15 is 0 Å². The molecule has 0 saturated heterocycles. The molecule has 0 amide bonds. The second kappa shape index (κ2) is 5.56. The van der Waals surface area contributed by atoms with Crippen LogP contribution in [0.3, 0.4) is 0 Å². The van der Waals surface area contributed by atoms with Gasteiger partial charge in [-0.15, -0.1) is 0 Å². The molecule has 0 bridgehead atoms. The van der Waals surface area contributed by atoms with Crippen LogP contribution in [-0.2, 0) is 4.79 Å². The minimum Gasteiger partial charge on any atom is -0.548 e. The first kappa shape index (κ1) is 11.3. The van der Waals surface area contributed by atoms with Crippen molar-refractivity contribution in [1.29, 1.82) is 0 Å². The van der Waals surface area contributed by atoms with Gasteiger partial charge < -0.3 is 15.2 Å². The third kappa shape index (κ3) is 4.59. The summed E-state index contributed by atoms with van der Waals surface area (Å²) in [5, 5.41) is 12.3. The Balaban J connectivity index is 0. The second-order valence-corrected chi connectivity index (χ2v) is 1.33. The predicted molar refractivity (Wildman–Crippen MR) is 23.5 cm³/mol. The van der Waals surface area contributed by atoms with Crippen LogP contribution in [0.2, 0.25) is 0 Å². The van der Waals surface area contributed by atoms with Crippen molar-refractivity contribution in [2.75, 3.05) is 7.05 Å². The van der Waals surface area contributed by atoms with E-state index < -0.39 is 12.0 Å². The summed E-state index contributed by atoms with van der Waals surface area (Å²) in [4.78, 5) is 9.76. The third-order valence-electron chi connectivity index (χ3n) is 0.787. The third-order valence-corrected chi connectivity index (χ3v) is 0.787. The molecule has 0 aliphatic heterocycles. The molecule has 1 atom stereocenters. The minimum atomic E-state index is -1.07. The number of likely N-dealkylation sites (N-methyl/N-ethyl adjacent to an activating group) is 1. The molecule has 0 rings (SSSR count). The van der Waals surface area contributed by atoms with E-state index in [1.807, 2.05) is 0 Å². The smallest absolute Gasteiger partial charge is 0.548 e. The summed E-state index contributed by atoms with van der Waals surface area (Å²) in [5.41, 5.74) is 0. The summed E-state index contributed by atoms with van der Waals surface area (Å²) in [6.45, 7) is 1.52. The number of carboxylic acids is 1. The molecule has 0 aliphatic carbocycles. The zero-order valence-corrected chi connectivity index (χ0v) is 7.39. The van der Waals surface area contributed by atoms with Gasteiger partial charge in [0.25, 0.3) is 0 Å². The maximum Gasteiger partial charge on any atom is 1.00 e. The van der Waals surface area contributed by atoms with Crippen molar-refractivity contribution in [3.05, 3.63) is 0 Å². The van der Waals surface area contributed by atoms with Gasteiger partial charge in [-0.1, -0.05) is 0 Å². The molecule has 0 aliphatic rings. The molecule has 0 aromatic rings. The Labute approximate surface area is 70.8 Å². The molecule has 4 heteroatoms. The normalized spacial score (nSPS) is 11.8. The predicted octanol–water partition coefficient (Wildman–Crippen LogP) is -4.65. The first-order valence-electron chi connectivity index (χ1n) is 2.06. The molecule has 0 aromatic carbocycles. The Kier molecular flexibility index (Phi) is 7.83. The van der Waals surface area contributed by atoms with Crippen LogP contribution in [0.5, 0.6) is 0 Å². The Morgan fingerprint density at radius 1 is 1.75 bits per heavy atom.